The van der Waals surface area contributed by atoms with Gasteiger partial charge in [0, 0.05) is 0 Å². The minimum Gasteiger partial charge on any atom is -0.508 e. The Morgan fingerprint density at radius 1 is 0.621 bits per heavy atom. The molecule has 6 rings (SSSR count). The monoisotopic (exact) mass is 390 g/mol. The highest BCUT2D eigenvalue weighted by Crippen LogP contribution is 2.77. The lowest BCUT2D eigenvalue weighted by molar-refractivity contribution is -0.176. The van der Waals surface area contributed by atoms with Crippen molar-refractivity contribution in [2.45, 2.75) is 77.0 Å². The molecule has 0 heterocycles. The summed E-state index contributed by atoms with van der Waals surface area (Å²) in [5.74, 6) is 0.701. The van der Waals surface area contributed by atoms with Crippen molar-refractivity contribution in [3.05, 3.63) is 59.7 Å². The van der Waals surface area contributed by atoms with Crippen LogP contribution in [0.3, 0.4) is 0 Å². The highest BCUT2D eigenvalue weighted by atomic mass is 16.3. The summed E-state index contributed by atoms with van der Waals surface area (Å²) < 4.78 is 0. The molecule has 154 valence electrons. The highest BCUT2D eigenvalue weighted by Gasteiger charge is 2.69. The summed E-state index contributed by atoms with van der Waals surface area (Å²) in [6.07, 6.45) is 7.43. The number of phenols is 2. The van der Waals surface area contributed by atoms with E-state index in [1.54, 1.807) is 0 Å². The zero-order valence-electron chi connectivity index (χ0n) is 18.3. The average molecular weight is 391 g/mol. The second-order valence-electron chi connectivity index (χ2n) is 12.1. The lowest BCUT2D eigenvalue weighted by Gasteiger charge is -2.73. The van der Waals surface area contributed by atoms with E-state index >= 15 is 0 Å². The molecular formula is C27H34O2. The predicted octanol–water partition coefficient (Wildman–Crippen LogP) is 6.69. The van der Waals surface area contributed by atoms with Crippen LogP contribution in [-0.2, 0) is 10.8 Å². The minimum absolute atomic E-state index is 0.155. The van der Waals surface area contributed by atoms with Crippen LogP contribution in [0.5, 0.6) is 11.5 Å². The fourth-order valence-electron chi connectivity index (χ4n) is 8.18. The van der Waals surface area contributed by atoms with Gasteiger partial charge in [-0.25, -0.2) is 0 Å². The normalized spacial score (nSPS) is 38.3. The molecule has 0 aromatic heterocycles. The van der Waals surface area contributed by atoms with Crippen molar-refractivity contribution < 1.29 is 10.2 Å². The van der Waals surface area contributed by atoms with E-state index < -0.39 is 0 Å². The fourth-order valence-corrected chi connectivity index (χ4v) is 8.18. The van der Waals surface area contributed by atoms with Gasteiger partial charge in [0.25, 0.3) is 0 Å². The first-order chi connectivity index (χ1) is 13.5. The standard InChI is InChI=1S/C27H34O2/c1-23(2,3)27-15-24(4)13-25(17-27,19-5-9-21(28)10-6-19)16-26(14-24,18-27)20-7-11-22(29)12-8-20/h5-12,28-29H,13-18H2,1-4H3. The number of hydrogen-bond acceptors (Lipinski definition) is 2. The van der Waals surface area contributed by atoms with E-state index in [0.717, 1.165) is 0 Å². The Hall–Kier alpha value is -1.96. The van der Waals surface area contributed by atoms with Crippen molar-refractivity contribution in [1.29, 1.82) is 0 Å². The molecule has 4 bridgehead atoms. The first-order valence-corrected chi connectivity index (χ1v) is 11.1. The second-order valence-corrected chi connectivity index (χ2v) is 12.1. The molecule has 4 saturated carbocycles. The summed E-state index contributed by atoms with van der Waals surface area (Å²) in [6, 6.07) is 16.2. The lowest BCUT2D eigenvalue weighted by atomic mass is 9.31. The Bertz CT molecular complexity index is 870. The molecular weight excluding hydrogens is 356 g/mol. The van der Waals surface area contributed by atoms with Gasteiger partial charge in [0.2, 0.25) is 0 Å². The summed E-state index contributed by atoms with van der Waals surface area (Å²) in [4.78, 5) is 0. The number of phenolic OH excluding ortho intramolecular Hbond substituents is 2. The van der Waals surface area contributed by atoms with E-state index in [1.807, 2.05) is 24.3 Å². The fraction of sp³-hybridized carbons (Fsp3) is 0.556. The van der Waals surface area contributed by atoms with E-state index in [-0.39, 0.29) is 16.2 Å². The molecule has 2 unspecified atom stereocenters. The maximum Gasteiger partial charge on any atom is 0.115 e. The van der Waals surface area contributed by atoms with Crippen molar-refractivity contribution >= 4 is 0 Å². The molecule has 2 heteroatoms. The predicted molar refractivity (Wildman–Crippen MR) is 117 cm³/mol. The van der Waals surface area contributed by atoms with Crippen LogP contribution in [0.15, 0.2) is 48.5 Å². The number of benzene rings is 2. The Morgan fingerprint density at radius 2 is 1.03 bits per heavy atom. The number of hydrogen-bond donors (Lipinski definition) is 2. The molecule has 0 aliphatic heterocycles. The molecule has 2 atom stereocenters. The summed E-state index contributed by atoms with van der Waals surface area (Å²) in [7, 11) is 0. The van der Waals surface area contributed by atoms with E-state index in [4.69, 9.17) is 0 Å². The summed E-state index contributed by atoms with van der Waals surface area (Å²) >= 11 is 0. The molecule has 0 saturated heterocycles. The Morgan fingerprint density at radius 3 is 1.41 bits per heavy atom. The quantitative estimate of drug-likeness (QED) is 0.599. The van der Waals surface area contributed by atoms with Crippen LogP contribution in [0.4, 0.5) is 0 Å². The van der Waals surface area contributed by atoms with Crippen molar-refractivity contribution in [1.82, 2.24) is 0 Å². The Balaban J connectivity index is 1.72. The molecule has 2 N–H and O–H groups in total. The molecule has 29 heavy (non-hydrogen) atoms. The van der Waals surface area contributed by atoms with Gasteiger partial charge in [0.1, 0.15) is 11.5 Å². The van der Waals surface area contributed by atoms with E-state index in [2.05, 4.69) is 52.0 Å². The third kappa shape index (κ3) is 2.67. The molecule has 4 aliphatic rings. The zero-order valence-corrected chi connectivity index (χ0v) is 18.3. The third-order valence-electron chi connectivity index (χ3n) is 8.88. The molecule has 4 aliphatic carbocycles. The van der Waals surface area contributed by atoms with Crippen molar-refractivity contribution in [3.63, 3.8) is 0 Å². The molecule has 0 radical (unpaired) electrons. The van der Waals surface area contributed by atoms with Gasteiger partial charge in [-0.05, 0) is 101 Å². The van der Waals surface area contributed by atoms with Gasteiger partial charge >= 0.3 is 0 Å². The molecule has 0 spiro atoms. The van der Waals surface area contributed by atoms with Gasteiger partial charge in [-0.3, -0.25) is 0 Å². The van der Waals surface area contributed by atoms with Crippen LogP contribution in [0.1, 0.15) is 77.3 Å². The van der Waals surface area contributed by atoms with E-state index in [1.165, 1.54) is 49.7 Å². The second kappa shape index (κ2) is 5.59. The maximum absolute atomic E-state index is 9.90. The highest BCUT2D eigenvalue weighted by molar-refractivity contribution is 5.42. The maximum atomic E-state index is 9.90. The van der Waals surface area contributed by atoms with Crippen LogP contribution in [0.2, 0.25) is 0 Å². The lowest BCUT2D eigenvalue weighted by Crippen LogP contribution is -2.66. The smallest absolute Gasteiger partial charge is 0.115 e. The molecule has 0 amide bonds. The van der Waals surface area contributed by atoms with Gasteiger partial charge in [0.15, 0.2) is 0 Å². The average Bonchev–Trinajstić information content (AvgIpc) is 2.59. The Kier molecular flexibility index (Phi) is 3.67. The van der Waals surface area contributed by atoms with Gasteiger partial charge in [-0.1, -0.05) is 52.0 Å². The molecule has 2 aromatic rings. The van der Waals surface area contributed by atoms with Gasteiger partial charge in [0.05, 0.1) is 0 Å². The van der Waals surface area contributed by atoms with Crippen molar-refractivity contribution in [2.75, 3.05) is 0 Å². The largest absolute Gasteiger partial charge is 0.508 e. The molecule has 4 fully saturated rings. The Labute approximate surface area is 175 Å². The topological polar surface area (TPSA) is 40.5 Å². The molecule has 2 aromatic carbocycles. The van der Waals surface area contributed by atoms with Gasteiger partial charge in [-0.2, -0.15) is 0 Å². The minimum atomic E-state index is 0.155. The van der Waals surface area contributed by atoms with E-state index in [0.29, 0.717) is 22.3 Å². The zero-order chi connectivity index (χ0) is 20.7. The SMILES string of the molecule is CC12CC3(c4ccc(O)cc4)CC(c4ccc(O)cc4)(C1)CC(C(C)(C)C)(C2)C3. The summed E-state index contributed by atoms with van der Waals surface area (Å²) in [6.45, 7) is 9.85. The number of rotatable bonds is 2. The van der Waals surface area contributed by atoms with Crippen LogP contribution in [0, 0.1) is 16.2 Å². The van der Waals surface area contributed by atoms with Crippen LogP contribution in [-0.4, -0.2) is 10.2 Å². The van der Waals surface area contributed by atoms with Crippen molar-refractivity contribution in [3.8, 4) is 11.5 Å². The third-order valence-corrected chi connectivity index (χ3v) is 8.88. The van der Waals surface area contributed by atoms with E-state index in [9.17, 15) is 10.2 Å². The van der Waals surface area contributed by atoms with Crippen LogP contribution < -0.4 is 0 Å². The first-order valence-electron chi connectivity index (χ1n) is 11.1. The van der Waals surface area contributed by atoms with Crippen LogP contribution in [0.25, 0.3) is 0 Å². The van der Waals surface area contributed by atoms with Crippen molar-refractivity contribution in [2.24, 2.45) is 16.2 Å². The van der Waals surface area contributed by atoms with Gasteiger partial charge < -0.3 is 10.2 Å². The molecule has 2 nitrogen and oxygen atoms in total. The first kappa shape index (κ1) is 19.0. The summed E-state index contributed by atoms with van der Waals surface area (Å²) in [5, 5.41) is 19.8. The van der Waals surface area contributed by atoms with Crippen LogP contribution >= 0.6 is 0 Å². The van der Waals surface area contributed by atoms with Gasteiger partial charge in [-0.15, -0.1) is 0 Å². The number of aromatic hydroxyl groups is 2. The summed E-state index contributed by atoms with van der Waals surface area (Å²) in [5.41, 5.74) is 3.96.